The first kappa shape index (κ1) is 14.3. The molecule has 0 heterocycles. The fourth-order valence-corrected chi connectivity index (χ4v) is 3.66. The number of carbonyl (C=O) groups excluding carboxylic acids is 1. The van der Waals surface area contributed by atoms with E-state index in [1.54, 1.807) is 0 Å². The van der Waals surface area contributed by atoms with Crippen LogP contribution in [0.25, 0.3) is 0 Å². The van der Waals surface area contributed by atoms with Crippen molar-refractivity contribution < 1.29 is 30.3 Å². The molecule has 6 heteroatoms. The van der Waals surface area contributed by atoms with Crippen LogP contribution in [0.4, 0.5) is 0 Å². The maximum absolute atomic E-state index is 12.5. The number of phenols is 2. The van der Waals surface area contributed by atoms with Crippen LogP contribution in [0.5, 0.6) is 11.5 Å². The predicted octanol–water partition coefficient (Wildman–Crippen LogP) is 0.597. The lowest BCUT2D eigenvalue weighted by molar-refractivity contribution is -0.00817. The van der Waals surface area contributed by atoms with Crippen molar-refractivity contribution >= 4 is 5.78 Å². The standard InChI is InChI=1S/C15H18O6/c16-5-6-3-10(18)11-12(13(6)19)15(21)9-4-7(17)1-2-8(9)14(11)20/h3,7-9,15-19,21H,1-2,4-5H2. The minimum atomic E-state index is -1.14. The summed E-state index contributed by atoms with van der Waals surface area (Å²) < 4.78 is 0. The van der Waals surface area contributed by atoms with Crippen molar-refractivity contribution in [1.82, 2.24) is 0 Å². The van der Waals surface area contributed by atoms with Crippen molar-refractivity contribution in [2.24, 2.45) is 11.8 Å². The number of phenolic OH excluding ortho intramolecular Hbond substituents is 1. The average Bonchev–Trinajstić information content (AvgIpc) is 2.46. The third-order valence-corrected chi connectivity index (χ3v) is 4.72. The van der Waals surface area contributed by atoms with Gasteiger partial charge in [-0.05, 0) is 25.3 Å². The molecular weight excluding hydrogens is 276 g/mol. The van der Waals surface area contributed by atoms with Gasteiger partial charge in [-0.15, -0.1) is 0 Å². The first-order valence-corrected chi connectivity index (χ1v) is 7.04. The molecule has 2 aliphatic rings. The average molecular weight is 294 g/mol. The number of ketones is 1. The van der Waals surface area contributed by atoms with Gasteiger partial charge in [0, 0.05) is 23.0 Å². The van der Waals surface area contributed by atoms with Crippen molar-refractivity contribution in [2.45, 2.75) is 38.1 Å². The van der Waals surface area contributed by atoms with E-state index >= 15 is 0 Å². The Kier molecular flexibility index (Phi) is 3.39. The Morgan fingerprint density at radius 3 is 2.57 bits per heavy atom. The van der Waals surface area contributed by atoms with Crippen LogP contribution in [0, 0.1) is 11.8 Å². The van der Waals surface area contributed by atoms with Crippen molar-refractivity contribution in [3.63, 3.8) is 0 Å². The first-order chi connectivity index (χ1) is 9.95. The van der Waals surface area contributed by atoms with Crippen LogP contribution >= 0.6 is 0 Å². The van der Waals surface area contributed by atoms with E-state index in [4.69, 9.17) is 0 Å². The summed E-state index contributed by atoms with van der Waals surface area (Å²) in [6, 6.07) is 1.15. The molecule has 1 aromatic carbocycles. The van der Waals surface area contributed by atoms with E-state index in [1.165, 1.54) is 0 Å². The molecule has 2 aliphatic carbocycles. The number of hydrogen-bond donors (Lipinski definition) is 5. The van der Waals surface area contributed by atoms with Gasteiger partial charge in [-0.3, -0.25) is 4.79 Å². The van der Waals surface area contributed by atoms with E-state index in [2.05, 4.69) is 0 Å². The molecule has 0 amide bonds. The van der Waals surface area contributed by atoms with Crippen LogP contribution in [-0.2, 0) is 6.61 Å². The molecular formula is C15H18O6. The smallest absolute Gasteiger partial charge is 0.170 e. The molecule has 1 saturated carbocycles. The summed E-state index contributed by atoms with van der Waals surface area (Å²) in [7, 11) is 0. The van der Waals surface area contributed by atoms with Gasteiger partial charge in [0.1, 0.15) is 11.5 Å². The molecule has 6 nitrogen and oxygen atoms in total. The summed E-state index contributed by atoms with van der Waals surface area (Å²) in [4.78, 5) is 12.5. The molecule has 0 radical (unpaired) electrons. The second-order valence-corrected chi connectivity index (χ2v) is 5.90. The molecule has 21 heavy (non-hydrogen) atoms. The Morgan fingerprint density at radius 2 is 1.90 bits per heavy atom. The molecule has 3 rings (SSSR count). The molecule has 4 atom stereocenters. The zero-order valence-corrected chi connectivity index (χ0v) is 11.4. The van der Waals surface area contributed by atoms with Crippen LogP contribution in [-0.4, -0.2) is 37.4 Å². The van der Waals surface area contributed by atoms with Gasteiger partial charge in [-0.2, -0.15) is 0 Å². The van der Waals surface area contributed by atoms with Gasteiger partial charge in [-0.25, -0.2) is 0 Å². The van der Waals surface area contributed by atoms with Crippen molar-refractivity contribution in [2.75, 3.05) is 0 Å². The topological polar surface area (TPSA) is 118 Å². The second-order valence-electron chi connectivity index (χ2n) is 5.90. The van der Waals surface area contributed by atoms with Crippen LogP contribution in [0.15, 0.2) is 6.07 Å². The molecule has 114 valence electrons. The number of carbonyl (C=O) groups is 1. The van der Waals surface area contributed by atoms with Crippen LogP contribution in [0.3, 0.4) is 0 Å². The number of fused-ring (bicyclic) bond motifs is 2. The van der Waals surface area contributed by atoms with Gasteiger partial charge in [0.25, 0.3) is 0 Å². The fraction of sp³-hybridized carbons (Fsp3) is 0.533. The largest absolute Gasteiger partial charge is 0.507 e. The molecule has 4 unspecified atom stereocenters. The highest BCUT2D eigenvalue weighted by Gasteiger charge is 2.47. The Bertz CT molecular complexity index is 596. The van der Waals surface area contributed by atoms with Gasteiger partial charge >= 0.3 is 0 Å². The summed E-state index contributed by atoms with van der Waals surface area (Å²) in [5, 5.41) is 49.6. The van der Waals surface area contributed by atoms with Gasteiger partial charge in [0.2, 0.25) is 0 Å². The minimum absolute atomic E-state index is 0.0283. The Labute approximate surface area is 121 Å². The summed E-state index contributed by atoms with van der Waals surface area (Å²) >= 11 is 0. The Hall–Kier alpha value is -1.63. The lowest BCUT2D eigenvalue weighted by Gasteiger charge is -2.41. The highest BCUT2D eigenvalue weighted by atomic mass is 16.3. The van der Waals surface area contributed by atoms with Crippen LogP contribution in [0.2, 0.25) is 0 Å². The zero-order chi connectivity index (χ0) is 15.3. The van der Waals surface area contributed by atoms with Crippen molar-refractivity contribution in [3.8, 4) is 11.5 Å². The third-order valence-electron chi connectivity index (χ3n) is 4.72. The molecule has 0 aromatic heterocycles. The summed E-state index contributed by atoms with van der Waals surface area (Å²) in [6.45, 7) is -0.510. The quantitative estimate of drug-likeness (QED) is 0.484. The van der Waals surface area contributed by atoms with Crippen LogP contribution in [0.1, 0.15) is 46.9 Å². The first-order valence-electron chi connectivity index (χ1n) is 7.04. The second kappa shape index (κ2) is 4.98. The number of aliphatic hydroxyl groups excluding tert-OH is 3. The van der Waals surface area contributed by atoms with Gasteiger partial charge in [-0.1, -0.05) is 0 Å². The normalized spacial score (nSPS) is 31.7. The number of rotatable bonds is 1. The van der Waals surface area contributed by atoms with E-state index < -0.39 is 30.7 Å². The van der Waals surface area contributed by atoms with E-state index in [9.17, 15) is 30.3 Å². The molecule has 0 saturated heterocycles. The van der Waals surface area contributed by atoms with Gasteiger partial charge in [0.05, 0.1) is 24.4 Å². The molecule has 5 N–H and O–H groups in total. The molecule has 0 spiro atoms. The van der Waals surface area contributed by atoms with Crippen molar-refractivity contribution in [3.05, 3.63) is 22.8 Å². The van der Waals surface area contributed by atoms with E-state index in [0.717, 1.165) is 6.07 Å². The minimum Gasteiger partial charge on any atom is -0.507 e. The summed E-state index contributed by atoms with van der Waals surface area (Å²) in [5.74, 6) is -1.94. The highest BCUT2D eigenvalue weighted by Crippen LogP contribution is 2.51. The van der Waals surface area contributed by atoms with Crippen LogP contribution < -0.4 is 0 Å². The zero-order valence-electron chi connectivity index (χ0n) is 11.4. The van der Waals surface area contributed by atoms with Crippen molar-refractivity contribution in [1.29, 1.82) is 0 Å². The Balaban J connectivity index is 2.18. The van der Waals surface area contributed by atoms with Gasteiger partial charge in [0.15, 0.2) is 5.78 Å². The highest BCUT2D eigenvalue weighted by molar-refractivity contribution is 6.04. The number of hydrogen-bond acceptors (Lipinski definition) is 6. The SMILES string of the molecule is O=C1c2c(O)cc(CO)c(O)c2C(O)C2CC(O)CCC12. The maximum Gasteiger partial charge on any atom is 0.170 e. The van der Waals surface area contributed by atoms with E-state index in [1.807, 2.05) is 0 Å². The molecule has 1 aromatic rings. The lowest BCUT2D eigenvalue weighted by Crippen LogP contribution is -2.40. The molecule has 1 fully saturated rings. The summed E-state index contributed by atoms with van der Waals surface area (Å²) in [5.41, 5.74) is -0.0258. The predicted molar refractivity (Wildman–Crippen MR) is 71.8 cm³/mol. The monoisotopic (exact) mass is 294 g/mol. The molecule has 0 aliphatic heterocycles. The van der Waals surface area contributed by atoms with E-state index in [0.29, 0.717) is 12.8 Å². The number of aromatic hydroxyl groups is 2. The number of aliphatic hydroxyl groups is 3. The summed E-state index contributed by atoms with van der Waals surface area (Å²) in [6.07, 6.45) is -0.512. The number of Topliss-reactive ketones (excluding diaryl/α,β-unsaturated/α-hetero) is 1. The Morgan fingerprint density at radius 1 is 1.19 bits per heavy atom. The maximum atomic E-state index is 12.5. The molecule has 0 bridgehead atoms. The lowest BCUT2D eigenvalue weighted by atomic mass is 9.65. The third kappa shape index (κ3) is 2.02. The van der Waals surface area contributed by atoms with Gasteiger partial charge < -0.3 is 25.5 Å². The number of benzene rings is 1. The fourth-order valence-electron chi connectivity index (χ4n) is 3.66. The van der Waals surface area contributed by atoms with E-state index in [-0.39, 0.29) is 40.4 Å².